The summed E-state index contributed by atoms with van der Waals surface area (Å²) in [6, 6.07) is 2.21. The average molecular weight is 584 g/mol. The first-order valence-electron chi connectivity index (χ1n) is 15.2. The van der Waals surface area contributed by atoms with E-state index >= 15 is 0 Å². The quantitative estimate of drug-likeness (QED) is 0.325. The minimum absolute atomic E-state index is 0.120. The molecule has 10 heteroatoms. The van der Waals surface area contributed by atoms with Gasteiger partial charge in [0.05, 0.1) is 24.5 Å². The van der Waals surface area contributed by atoms with E-state index in [9.17, 15) is 9.90 Å². The van der Waals surface area contributed by atoms with Crippen molar-refractivity contribution in [2.45, 2.75) is 110 Å². The van der Waals surface area contributed by atoms with Gasteiger partial charge in [0.25, 0.3) is 0 Å². The number of carbonyl (C=O) groups is 1. The molecule has 2 aliphatic rings. The molecule has 2 aromatic heterocycles. The molecule has 4 heterocycles. The van der Waals surface area contributed by atoms with E-state index in [1.807, 2.05) is 6.20 Å². The zero-order chi connectivity index (χ0) is 30.5. The van der Waals surface area contributed by atoms with Crippen molar-refractivity contribution in [1.29, 1.82) is 0 Å². The number of rotatable bonds is 8. The predicted octanol–water partition coefficient (Wildman–Crippen LogP) is 7.47. The lowest BCUT2D eigenvalue weighted by Crippen LogP contribution is -2.51. The third kappa shape index (κ3) is 5.36. The zero-order valence-corrected chi connectivity index (χ0v) is 27.9. The zero-order valence-electron chi connectivity index (χ0n) is 26.9. The first-order valence-corrected chi connectivity index (χ1v) is 17.4. The van der Waals surface area contributed by atoms with Crippen molar-refractivity contribution in [3.63, 3.8) is 0 Å². The van der Waals surface area contributed by atoms with Gasteiger partial charge >= 0.3 is 13.2 Å². The van der Waals surface area contributed by atoms with Gasteiger partial charge in [0, 0.05) is 24.0 Å². The van der Waals surface area contributed by atoms with Gasteiger partial charge < -0.3 is 28.3 Å². The number of ether oxygens (including phenoxy) is 1. The van der Waals surface area contributed by atoms with Crippen LogP contribution in [-0.2, 0) is 9.31 Å². The van der Waals surface area contributed by atoms with Crippen LogP contribution in [0.3, 0.4) is 0 Å². The normalized spacial score (nSPS) is 20.2. The van der Waals surface area contributed by atoms with Crippen molar-refractivity contribution in [3.05, 3.63) is 30.0 Å². The molecule has 1 amide bonds. The van der Waals surface area contributed by atoms with E-state index in [1.165, 1.54) is 4.90 Å². The van der Waals surface area contributed by atoms with Crippen molar-refractivity contribution >= 4 is 38.1 Å². The number of hydrogen-bond acceptors (Lipinski definition) is 5. The number of fused-ring (bicyclic) bond motifs is 1. The molecule has 0 radical (unpaired) electrons. The molecule has 0 aliphatic carbocycles. The summed E-state index contributed by atoms with van der Waals surface area (Å²) >= 11 is 0. The maximum atomic E-state index is 11.7. The van der Waals surface area contributed by atoms with Crippen LogP contribution >= 0.6 is 0 Å². The van der Waals surface area contributed by atoms with Gasteiger partial charge in [0.15, 0.2) is 8.24 Å². The number of carboxylic acid groups (broad SMARTS) is 1. The monoisotopic (exact) mass is 583 g/mol. The molecule has 0 aromatic carbocycles. The summed E-state index contributed by atoms with van der Waals surface area (Å²) in [7, 11) is -0.901. The highest BCUT2D eigenvalue weighted by molar-refractivity contribution is 6.82. The van der Waals surface area contributed by atoms with Crippen LogP contribution in [0.1, 0.15) is 87.6 Å². The smallest absolute Gasteiger partial charge is 0.487 e. The number of allylic oxidation sites excluding steroid dienone is 1. The van der Waals surface area contributed by atoms with Crippen molar-refractivity contribution < 1.29 is 23.9 Å². The molecule has 226 valence electrons. The topological polar surface area (TPSA) is 86.1 Å². The van der Waals surface area contributed by atoms with Gasteiger partial charge in [-0.15, -0.1) is 0 Å². The van der Waals surface area contributed by atoms with E-state index in [1.54, 1.807) is 7.11 Å². The maximum Gasteiger partial charge on any atom is 0.487 e. The summed E-state index contributed by atoms with van der Waals surface area (Å²) in [6.45, 7) is 23.4. The summed E-state index contributed by atoms with van der Waals surface area (Å²) < 4.78 is 21.4. The van der Waals surface area contributed by atoms with E-state index in [-0.39, 0.29) is 5.92 Å². The summed E-state index contributed by atoms with van der Waals surface area (Å²) in [5.41, 5.74) is 3.71. The Morgan fingerprint density at radius 2 is 1.61 bits per heavy atom. The first kappa shape index (κ1) is 31.6. The van der Waals surface area contributed by atoms with Crippen LogP contribution < -0.4 is 4.74 Å². The van der Waals surface area contributed by atoms with Gasteiger partial charge in [-0.05, 0) is 80.9 Å². The third-order valence-corrected chi connectivity index (χ3v) is 16.9. The highest BCUT2D eigenvalue weighted by atomic mass is 28.3. The van der Waals surface area contributed by atoms with E-state index in [2.05, 4.69) is 91.7 Å². The standard InChI is InChI=1S/C31H50BN3O5Si/c1-20(2)41(21(3)4,22(5)6)35-17-14-24-27(26(38-11)19-33-28(24)35)25(23-12-15-34(16-13-23)29(36)37)18-32-39-30(7,8)31(9,10)40-32/h14,17-23H,12-13,15-16H2,1-11H3,(H,36,37)/b25-18-. The molecule has 8 nitrogen and oxygen atoms in total. The fourth-order valence-corrected chi connectivity index (χ4v) is 14.1. The van der Waals surface area contributed by atoms with Crippen molar-refractivity contribution in [1.82, 2.24) is 14.1 Å². The second-order valence-corrected chi connectivity index (χ2v) is 19.5. The maximum absolute atomic E-state index is 11.7. The van der Waals surface area contributed by atoms with E-state index in [0.29, 0.717) is 48.3 Å². The molecule has 1 N–H and O–H groups in total. The minimum Gasteiger partial charge on any atom is -0.494 e. The fraction of sp³-hybridized carbons (Fsp3) is 0.677. The Kier molecular flexibility index (Phi) is 8.81. The molecule has 2 saturated heterocycles. The molecule has 4 rings (SSSR count). The van der Waals surface area contributed by atoms with E-state index in [4.69, 9.17) is 19.0 Å². The Bertz CT molecular complexity index is 1260. The van der Waals surface area contributed by atoms with E-state index in [0.717, 1.165) is 22.2 Å². The largest absolute Gasteiger partial charge is 0.494 e. The Hall–Kier alpha value is -2.30. The summed E-state index contributed by atoms with van der Waals surface area (Å²) in [5, 5.41) is 10.7. The van der Waals surface area contributed by atoms with Crippen molar-refractivity contribution in [2.24, 2.45) is 5.92 Å². The lowest BCUT2D eigenvalue weighted by molar-refractivity contribution is 0.00578. The molecule has 41 heavy (non-hydrogen) atoms. The van der Waals surface area contributed by atoms with Crippen LogP contribution in [0.25, 0.3) is 16.6 Å². The molecular formula is C31H50BN3O5Si. The Balaban J connectivity index is 1.94. The SMILES string of the molecule is COc1cnc2c(ccn2[Si](C(C)C)(C(C)C)C(C)C)c1/C(=C\B1OC(C)(C)C(C)(C)O1)C1CCN(C(=O)O)CC1. The Morgan fingerprint density at radius 3 is 2.07 bits per heavy atom. The van der Waals surface area contributed by atoms with Crippen LogP contribution in [0.15, 0.2) is 24.4 Å². The first-order chi connectivity index (χ1) is 19.1. The minimum atomic E-state index is -2.06. The Morgan fingerprint density at radius 1 is 1.07 bits per heavy atom. The number of likely N-dealkylation sites (tertiary alicyclic amines) is 1. The molecule has 0 spiro atoms. The number of pyridine rings is 1. The highest BCUT2D eigenvalue weighted by Gasteiger charge is 2.51. The summed E-state index contributed by atoms with van der Waals surface area (Å²) in [4.78, 5) is 18.2. The molecule has 0 atom stereocenters. The average Bonchev–Trinajstić information content (AvgIpc) is 3.38. The summed E-state index contributed by atoms with van der Waals surface area (Å²) in [6.07, 6.45) is 4.69. The molecule has 0 bridgehead atoms. The number of piperidine rings is 1. The third-order valence-electron chi connectivity index (χ3n) is 10.2. The molecular weight excluding hydrogens is 533 g/mol. The van der Waals surface area contributed by atoms with Crippen LogP contribution in [0.4, 0.5) is 4.79 Å². The van der Waals surface area contributed by atoms with Crippen LogP contribution in [0, 0.1) is 5.92 Å². The van der Waals surface area contributed by atoms with Crippen molar-refractivity contribution in [3.8, 4) is 5.75 Å². The molecule has 2 aliphatic heterocycles. The number of nitrogens with zero attached hydrogens (tertiary/aromatic N) is 3. The van der Waals surface area contributed by atoms with Gasteiger partial charge in [0.2, 0.25) is 0 Å². The highest BCUT2D eigenvalue weighted by Crippen LogP contribution is 2.47. The van der Waals surface area contributed by atoms with Crippen LogP contribution in [-0.4, -0.2) is 72.1 Å². The van der Waals surface area contributed by atoms with Crippen LogP contribution in [0.5, 0.6) is 5.75 Å². The van der Waals surface area contributed by atoms with Gasteiger partial charge in [-0.1, -0.05) is 47.5 Å². The van der Waals surface area contributed by atoms with Gasteiger partial charge in [-0.3, -0.25) is 0 Å². The number of hydrogen-bond donors (Lipinski definition) is 1. The van der Waals surface area contributed by atoms with Crippen LogP contribution in [0.2, 0.25) is 16.6 Å². The van der Waals surface area contributed by atoms with Crippen molar-refractivity contribution in [2.75, 3.05) is 20.2 Å². The van der Waals surface area contributed by atoms with E-state index < -0.39 is 32.6 Å². The predicted molar refractivity (Wildman–Crippen MR) is 169 cm³/mol. The fourth-order valence-electron chi connectivity index (χ4n) is 7.58. The van der Waals surface area contributed by atoms with Gasteiger partial charge in [-0.2, -0.15) is 0 Å². The molecule has 0 unspecified atom stereocenters. The molecule has 0 saturated carbocycles. The van der Waals surface area contributed by atoms with Gasteiger partial charge in [-0.25, -0.2) is 9.78 Å². The summed E-state index contributed by atoms with van der Waals surface area (Å²) in [5.74, 6) is 2.95. The number of amides is 1. The lowest BCUT2D eigenvalue weighted by atomic mass is 9.76. The van der Waals surface area contributed by atoms with Gasteiger partial charge in [0.1, 0.15) is 11.4 Å². The second-order valence-electron chi connectivity index (χ2n) is 13.8. The second kappa shape index (κ2) is 11.4. The lowest BCUT2D eigenvalue weighted by Gasteiger charge is -2.44. The molecule has 2 aromatic rings. The number of aromatic nitrogens is 2. The Labute approximate surface area is 247 Å². The number of methoxy groups -OCH3 is 1. The molecule has 2 fully saturated rings.